The Labute approximate surface area is 243 Å². The van der Waals surface area contributed by atoms with Crippen LogP contribution in [0.5, 0.6) is 11.5 Å². The Morgan fingerprint density at radius 3 is 2.60 bits per heavy atom. The molecule has 0 saturated heterocycles. The lowest BCUT2D eigenvalue weighted by atomic mass is 9.88. The molecule has 216 valence electrons. The summed E-state index contributed by atoms with van der Waals surface area (Å²) in [6.45, 7) is 3.86. The molecule has 0 aliphatic carbocycles. The van der Waals surface area contributed by atoms with Crippen molar-refractivity contribution in [2.24, 2.45) is 5.41 Å². The second kappa shape index (κ2) is 10.4. The number of fused-ring (bicyclic) bond motifs is 1. The predicted octanol–water partition coefficient (Wildman–Crippen LogP) is 6.57. The van der Waals surface area contributed by atoms with Crippen molar-refractivity contribution in [2.75, 3.05) is 16.0 Å². The second-order valence-corrected chi connectivity index (χ2v) is 13.2. The maximum Gasteiger partial charge on any atom is 0.294 e. The van der Waals surface area contributed by atoms with E-state index in [0.717, 1.165) is 5.56 Å². The number of amides is 1. The summed E-state index contributed by atoms with van der Waals surface area (Å²) < 4.78 is 55.4. The summed E-state index contributed by atoms with van der Waals surface area (Å²) in [5.41, 5.74) is 0.798. The highest BCUT2D eigenvalue weighted by Crippen LogP contribution is 2.52. The van der Waals surface area contributed by atoms with E-state index in [4.69, 9.17) is 9.15 Å². The molecule has 0 saturated carbocycles. The predicted molar refractivity (Wildman–Crippen MR) is 156 cm³/mol. The van der Waals surface area contributed by atoms with Gasteiger partial charge in [0.1, 0.15) is 35.7 Å². The average molecular weight is 589 g/mol. The molecule has 42 heavy (non-hydrogen) atoms. The van der Waals surface area contributed by atoms with E-state index >= 15 is 4.39 Å². The van der Waals surface area contributed by atoms with Gasteiger partial charge < -0.3 is 19.6 Å². The smallest absolute Gasteiger partial charge is 0.294 e. The van der Waals surface area contributed by atoms with Crippen LogP contribution in [0.2, 0.25) is 0 Å². The molecule has 3 aromatic carbocycles. The summed E-state index contributed by atoms with van der Waals surface area (Å²) in [6, 6.07) is 19.7. The molecule has 1 aromatic heterocycles. The van der Waals surface area contributed by atoms with Crippen LogP contribution in [-0.2, 0) is 16.4 Å². The van der Waals surface area contributed by atoms with E-state index in [1.807, 2.05) is 44.2 Å². The summed E-state index contributed by atoms with van der Waals surface area (Å²) in [4.78, 5) is 15.1. The third-order valence-corrected chi connectivity index (χ3v) is 9.70. The minimum absolute atomic E-state index is 0.0456. The van der Waals surface area contributed by atoms with E-state index in [-0.39, 0.29) is 63.6 Å². The van der Waals surface area contributed by atoms with Gasteiger partial charge in [0.2, 0.25) is 0 Å². The molecule has 2 aliphatic rings. The van der Waals surface area contributed by atoms with Crippen LogP contribution < -0.4 is 15.0 Å². The van der Waals surface area contributed by atoms with E-state index < -0.39 is 33.0 Å². The van der Waals surface area contributed by atoms with Crippen LogP contribution in [0.15, 0.2) is 100 Å². The molecule has 0 bridgehead atoms. The molecule has 6 rings (SSSR count). The number of anilines is 2. The normalized spacial score (nSPS) is 18.8. The summed E-state index contributed by atoms with van der Waals surface area (Å²) >= 11 is 0. The number of carbonyl (C=O) groups is 1. The van der Waals surface area contributed by atoms with Crippen molar-refractivity contribution in [3.63, 3.8) is 0 Å². The van der Waals surface area contributed by atoms with Gasteiger partial charge in [0.25, 0.3) is 5.91 Å². The molecule has 1 atom stereocenters. The molecular formula is C32H29FN2O6S. The van der Waals surface area contributed by atoms with Gasteiger partial charge in [-0.25, -0.2) is 12.8 Å². The molecule has 0 spiro atoms. The first-order valence-corrected chi connectivity index (χ1v) is 15.1. The number of hydrogen-bond donors (Lipinski definition) is 2. The Bertz CT molecular complexity index is 1800. The Hall–Kier alpha value is -4.57. The number of hydrogen-bond acceptors (Lipinski definition) is 7. The first-order valence-electron chi connectivity index (χ1n) is 13.4. The van der Waals surface area contributed by atoms with Gasteiger partial charge in [-0.3, -0.25) is 9.69 Å². The minimum Gasteiger partial charge on any atom is -0.506 e. The molecule has 1 amide bonds. The third kappa shape index (κ3) is 5.02. The molecular weight excluding hydrogens is 559 g/mol. The van der Waals surface area contributed by atoms with Gasteiger partial charge >= 0.3 is 0 Å². The number of halogens is 1. The summed E-state index contributed by atoms with van der Waals surface area (Å²) in [5.74, 6) is -1.68. The van der Waals surface area contributed by atoms with Gasteiger partial charge in [-0.2, -0.15) is 0 Å². The van der Waals surface area contributed by atoms with Crippen LogP contribution in [0.1, 0.15) is 48.0 Å². The first kappa shape index (κ1) is 27.6. The van der Waals surface area contributed by atoms with Gasteiger partial charge in [-0.15, -0.1) is 0 Å². The van der Waals surface area contributed by atoms with Crippen LogP contribution in [0.4, 0.5) is 15.8 Å². The Morgan fingerprint density at radius 1 is 1.10 bits per heavy atom. The first-order chi connectivity index (χ1) is 20.0. The van der Waals surface area contributed by atoms with Crippen molar-refractivity contribution in [3.8, 4) is 11.5 Å². The van der Waals surface area contributed by atoms with Crippen LogP contribution >= 0.6 is 0 Å². The number of sulfone groups is 1. The SMILES string of the molecule is CC1(C)CC2=C(C(c3ccc(OCc4ccccc4)cc3F)N(C(=O)c3ccco3)c3cccc(O)c3N2)S(=O)(=O)C1. The number of carbonyl (C=O) groups excluding carboxylic acids is 1. The molecule has 10 heteroatoms. The zero-order chi connectivity index (χ0) is 29.6. The van der Waals surface area contributed by atoms with E-state index in [1.165, 1.54) is 47.6 Å². The summed E-state index contributed by atoms with van der Waals surface area (Å²) in [7, 11) is -4.04. The number of furan rings is 1. The van der Waals surface area contributed by atoms with Crippen LogP contribution in [0.3, 0.4) is 0 Å². The fraction of sp³-hybridized carbons (Fsp3) is 0.219. The number of aromatic hydroxyl groups is 1. The minimum atomic E-state index is -4.04. The number of allylic oxidation sites excluding steroid dienone is 1. The van der Waals surface area contributed by atoms with Gasteiger partial charge in [-0.1, -0.05) is 50.2 Å². The number of para-hydroxylation sites is 1. The number of benzene rings is 3. The van der Waals surface area contributed by atoms with Crippen molar-refractivity contribution in [1.29, 1.82) is 0 Å². The topological polar surface area (TPSA) is 109 Å². The van der Waals surface area contributed by atoms with Crippen molar-refractivity contribution < 1.29 is 31.9 Å². The Kier molecular flexibility index (Phi) is 6.81. The van der Waals surface area contributed by atoms with Crippen LogP contribution in [-0.4, -0.2) is 25.2 Å². The number of nitrogens with zero attached hydrogens (tertiary/aromatic N) is 1. The highest BCUT2D eigenvalue weighted by molar-refractivity contribution is 7.95. The third-order valence-electron chi connectivity index (χ3n) is 7.40. The molecule has 1 unspecified atom stereocenters. The van der Waals surface area contributed by atoms with Crippen molar-refractivity contribution in [2.45, 2.75) is 32.9 Å². The Morgan fingerprint density at radius 2 is 1.88 bits per heavy atom. The lowest BCUT2D eigenvalue weighted by Gasteiger charge is -2.37. The maximum atomic E-state index is 16.2. The summed E-state index contributed by atoms with van der Waals surface area (Å²) in [5, 5.41) is 14.0. The van der Waals surface area contributed by atoms with Crippen LogP contribution in [0.25, 0.3) is 0 Å². The fourth-order valence-electron chi connectivity index (χ4n) is 5.69. The van der Waals surface area contributed by atoms with Crippen molar-refractivity contribution in [3.05, 3.63) is 118 Å². The second-order valence-electron chi connectivity index (χ2n) is 11.3. The van der Waals surface area contributed by atoms with Crippen molar-refractivity contribution >= 4 is 27.1 Å². The van der Waals surface area contributed by atoms with Crippen LogP contribution in [0, 0.1) is 11.2 Å². The highest BCUT2D eigenvalue weighted by atomic mass is 32.2. The average Bonchev–Trinajstić information content (AvgIpc) is 3.43. The van der Waals surface area contributed by atoms with Crippen molar-refractivity contribution in [1.82, 2.24) is 0 Å². The Balaban J connectivity index is 1.55. The molecule has 3 heterocycles. The standard InChI is InChI=1S/C32H29FN2O6S/c1-32(2)17-24-30(42(38,39)19-32)29(22-14-13-21(16-23(22)33)41-18-20-8-4-3-5-9-20)35(31(37)27-12-7-15-40-27)25-10-6-11-26(36)28(25)34-24/h3-16,29,34,36H,17-19H2,1-2H3. The highest BCUT2D eigenvalue weighted by Gasteiger charge is 2.48. The largest absolute Gasteiger partial charge is 0.506 e. The monoisotopic (exact) mass is 588 g/mol. The zero-order valence-corrected chi connectivity index (χ0v) is 23.8. The lowest BCUT2D eigenvalue weighted by Crippen LogP contribution is -2.41. The number of rotatable bonds is 5. The van der Waals surface area contributed by atoms with E-state index in [2.05, 4.69) is 5.32 Å². The molecule has 8 nitrogen and oxygen atoms in total. The van der Waals surface area contributed by atoms with Gasteiger partial charge in [0.05, 0.1) is 22.6 Å². The molecule has 2 N–H and O–H groups in total. The number of phenolic OH excluding ortho intramolecular Hbond substituents is 1. The van der Waals surface area contributed by atoms with E-state index in [1.54, 1.807) is 12.1 Å². The number of ether oxygens (including phenoxy) is 1. The zero-order valence-electron chi connectivity index (χ0n) is 23.0. The molecule has 0 fully saturated rings. The molecule has 0 radical (unpaired) electrons. The van der Waals surface area contributed by atoms with E-state index in [9.17, 15) is 18.3 Å². The maximum absolute atomic E-state index is 16.2. The van der Waals surface area contributed by atoms with Gasteiger partial charge in [0.15, 0.2) is 15.6 Å². The lowest BCUT2D eigenvalue weighted by molar-refractivity contribution is 0.0953. The fourth-order valence-corrected chi connectivity index (χ4v) is 8.05. The summed E-state index contributed by atoms with van der Waals surface area (Å²) in [6.07, 6.45) is 1.61. The quantitative estimate of drug-likeness (QED) is 0.254. The number of nitrogens with one attached hydrogen (secondary N) is 1. The van der Waals surface area contributed by atoms with E-state index in [0.29, 0.717) is 0 Å². The molecule has 4 aromatic rings. The van der Waals surface area contributed by atoms with Gasteiger partial charge in [-0.05, 0) is 53.8 Å². The molecule has 2 aliphatic heterocycles. The van der Waals surface area contributed by atoms with Gasteiger partial charge in [0, 0.05) is 17.3 Å². The number of phenols is 1.